The molecule has 7 heteroatoms. The van der Waals surface area contributed by atoms with Crippen molar-refractivity contribution in [1.29, 1.82) is 0 Å². The highest BCUT2D eigenvalue weighted by atomic mass is 16.5. The van der Waals surface area contributed by atoms with Crippen LogP contribution in [0.2, 0.25) is 0 Å². The molecule has 3 rings (SSSR count). The minimum Gasteiger partial charge on any atom is -0.497 e. The molecular weight excluding hydrogens is 332 g/mol. The summed E-state index contributed by atoms with van der Waals surface area (Å²) in [4.78, 5) is 28.4. The largest absolute Gasteiger partial charge is 0.497 e. The second-order valence-corrected chi connectivity index (χ2v) is 6.91. The number of nitrogens with zero attached hydrogens (tertiary/aromatic N) is 2. The van der Waals surface area contributed by atoms with Crippen molar-refractivity contribution >= 4 is 17.6 Å². The van der Waals surface area contributed by atoms with Gasteiger partial charge in [-0.1, -0.05) is 0 Å². The Morgan fingerprint density at radius 2 is 1.96 bits per heavy atom. The number of rotatable bonds is 7. The Morgan fingerprint density at radius 1 is 1.23 bits per heavy atom. The first-order valence-corrected chi connectivity index (χ1v) is 9.37. The van der Waals surface area contributed by atoms with Crippen molar-refractivity contribution in [2.24, 2.45) is 0 Å². The standard InChI is InChI=1S/C19H28N4O3/c1-26-17-7-5-16(6-8-17)23-14-15(13-18(23)24)21-19(25)20-9-4-12-22-10-2-3-11-22/h5-8,15H,2-4,9-14H2,1H3,(H2,20,21,25). The quantitative estimate of drug-likeness (QED) is 0.724. The number of hydrogen-bond donors (Lipinski definition) is 2. The third-order valence-corrected chi connectivity index (χ3v) is 4.98. The van der Waals surface area contributed by atoms with Crippen molar-refractivity contribution < 1.29 is 14.3 Å². The van der Waals surface area contributed by atoms with E-state index in [1.165, 1.54) is 25.9 Å². The maximum atomic E-state index is 12.2. The number of benzene rings is 1. The second kappa shape index (κ2) is 8.89. The molecule has 142 valence electrons. The van der Waals surface area contributed by atoms with Crippen molar-refractivity contribution in [2.75, 3.05) is 44.7 Å². The molecule has 1 aromatic carbocycles. The maximum absolute atomic E-state index is 12.2. The molecule has 0 aliphatic carbocycles. The Bertz CT molecular complexity index is 614. The summed E-state index contributed by atoms with van der Waals surface area (Å²) >= 11 is 0. The van der Waals surface area contributed by atoms with E-state index in [1.807, 2.05) is 24.3 Å². The number of carbonyl (C=O) groups excluding carboxylic acids is 2. The lowest BCUT2D eigenvalue weighted by Crippen LogP contribution is -2.44. The molecule has 2 aliphatic rings. The summed E-state index contributed by atoms with van der Waals surface area (Å²) in [5.74, 6) is 0.776. The normalized spacial score (nSPS) is 20.4. The van der Waals surface area contributed by atoms with Gasteiger partial charge in [0.2, 0.25) is 5.91 Å². The van der Waals surface area contributed by atoms with Gasteiger partial charge in [0.1, 0.15) is 5.75 Å². The van der Waals surface area contributed by atoms with E-state index >= 15 is 0 Å². The molecule has 0 radical (unpaired) electrons. The number of nitrogens with one attached hydrogen (secondary N) is 2. The van der Waals surface area contributed by atoms with Gasteiger partial charge in [-0.05, 0) is 63.2 Å². The minimum absolute atomic E-state index is 0.0227. The Kier molecular flexibility index (Phi) is 6.33. The Labute approximate surface area is 154 Å². The van der Waals surface area contributed by atoms with Crippen LogP contribution in [0.25, 0.3) is 0 Å². The van der Waals surface area contributed by atoms with E-state index in [1.54, 1.807) is 12.0 Å². The number of anilines is 1. The topological polar surface area (TPSA) is 73.9 Å². The molecule has 0 aromatic heterocycles. The van der Waals surface area contributed by atoms with Crippen LogP contribution in [0.4, 0.5) is 10.5 Å². The lowest BCUT2D eigenvalue weighted by Gasteiger charge is -2.18. The zero-order chi connectivity index (χ0) is 18.4. The molecule has 7 nitrogen and oxygen atoms in total. The zero-order valence-electron chi connectivity index (χ0n) is 15.4. The molecule has 26 heavy (non-hydrogen) atoms. The van der Waals surface area contributed by atoms with Crippen LogP contribution in [0.1, 0.15) is 25.7 Å². The number of methoxy groups -OCH3 is 1. The first-order valence-electron chi connectivity index (χ1n) is 9.37. The minimum atomic E-state index is -0.194. The van der Waals surface area contributed by atoms with E-state index in [-0.39, 0.29) is 18.0 Å². The van der Waals surface area contributed by atoms with Crippen molar-refractivity contribution in [3.8, 4) is 5.75 Å². The van der Waals surface area contributed by atoms with E-state index < -0.39 is 0 Å². The van der Waals surface area contributed by atoms with Crippen molar-refractivity contribution in [1.82, 2.24) is 15.5 Å². The fourth-order valence-electron chi connectivity index (χ4n) is 3.56. The zero-order valence-corrected chi connectivity index (χ0v) is 15.4. The average Bonchev–Trinajstić information content (AvgIpc) is 3.28. The molecule has 2 fully saturated rings. The first-order chi connectivity index (χ1) is 12.7. The van der Waals surface area contributed by atoms with Gasteiger partial charge >= 0.3 is 6.03 Å². The molecule has 2 saturated heterocycles. The average molecular weight is 360 g/mol. The fourth-order valence-corrected chi connectivity index (χ4v) is 3.56. The highest BCUT2D eigenvalue weighted by molar-refractivity contribution is 5.96. The highest BCUT2D eigenvalue weighted by Gasteiger charge is 2.31. The predicted octanol–water partition coefficient (Wildman–Crippen LogP) is 1.59. The molecule has 0 bridgehead atoms. The molecule has 1 atom stereocenters. The van der Waals surface area contributed by atoms with Crippen molar-refractivity contribution in [2.45, 2.75) is 31.7 Å². The Hall–Kier alpha value is -2.28. The van der Waals surface area contributed by atoms with Crippen LogP contribution in [-0.4, -0.2) is 62.7 Å². The van der Waals surface area contributed by atoms with Crippen LogP contribution in [0.15, 0.2) is 24.3 Å². The molecule has 2 heterocycles. The summed E-state index contributed by atoms with van der Waals surface area (Å²) in [6.07, 6.45) is 3.85. The molecule has 1 aromatic rings. The summed E-state index contributed by atoms with van der Waals surface area (Å²) in [5.41, 5.74) is 0.825. The van der Waals surface area contributed by atoms with Gasteiger partial charge in [-0.15, -0.1) is 0 Å². The number of ether oxygens (including phenoxy) is 1. The van der Waals surface area contributed by atoms with Gasteiger partial charge in [-0.2, -0.15) is 0 Å². The van der Waals surface area contributed by atoms with E-state index in [0.717, 1.165) is 24.4 Å². The number of carbonyl (C=O) groups is 2. The van der Waals surface area contributed by atoms with Crippen molar-refractivity contribution in [3.05, 3.63) is 24.3 Å². The van der Waals surface area contributed by atoms with Crippen molar-refractivity contribution in [3.63, 3.8) is 0 Å². The van der Waals surface area contributed by atoms with E-state index in [0.29, 0.717) is 19.5 Å². The van der Waals surface area contributed by atoms with Crippen LogP contribution >= 0.6 is 0 Å². The van der Waals surface area contributed by atoms with Gasteiger partial charge in [-0.25, -0.2) is 4.79 Å². The summed E-state index contributed by atoms with van der Waals surface area (Å²) < 4.78 is 5.14. The Balaban J connectivity index is 1.39. The smallest absolute Gasteiger partial charge is 0.315 e. The molecule has 2 N–H and O–H groups in total. The lowest BCUT2D eigenvalue weighted by atomic mass is 10.2. The number of amides is 3. The molecule has 0 spiro atoms. The number of hydrogen-bond acceptors (Lipinski definition) is 4. The molecule has 0 saturated carbocycles. The third kappa shape index (κ3) is 4.88. The fraction of sp³-hybridized carbons (Fsp3) is 0.579. The van der Waals surface area contributed by atoms with Crippen LogP contribution in [0.5, 0.6) is 5.75 Å². The van der Waals surface area contributed by atoms with Gasteiger partial charge in [0, 0.05) is 25.2 Å². The van der Waals surface area contributed by atoms with Gasteiger partial charge < -0.3 is 25.2 Å². The highest BCUT2D eigenvalue weighted by Crippen LogP contribution is 2.24. The Morgan fingerprint density at radius 3 is 2.65 bits per heavy atom. The van der Waals surface area contributed by atoms with E-state index in [2.05, 4.69) is 15.5 Å². The first kappa shape index (κ1) is 18.5. The molecule has 1 unspecified atom stereocenters. The second-order valence-electron chi connectivity index (χ2n) is 6.91. The van der Waals surface area contributed by atoms with Gasteiger partial charge in [0.05, 0.1) is 13.2 Å². The lowest BCUT2D eigenvalue weighted by molar-refractivity contribution is -0.117. The van der Waals surface area contributed by atoms with Crippen LogP contribution in [-0.2, 0) is 4.79 Å². The summed E-state index contributed by atoms with van der Waals surface area (Å²) in [6.45, 7) is 4.54. The van der Waals surface area contributed by atoms with Crippen LogP contribution in [0, 0.1) is 0 Å². The monoisotopic (exact) mass is 360 g/mol. The van der Waals surface area contributed by atoms with Crippen LogP contribution in [0.3, 0.4) is 0 Å². The van der Waals surface area contributed by atoms with E-state index in [4.69, 9.17) is 4.74 Å². The molecule has 3 amide bonds. The third-order valence-electron chi connectivity index (χ3n) is 4.98. The molecule has 2 aliphatic heterocycles. The summed E-state index contributed by atoms with van der Waals surface area (Å²) in [6, 6.07) is 7.02. The van der Waals surface area contributed by atoms with Crippen LogP contribution < -0.4 is 20.3 Å². The van der Waals surface area contributed by atoms with Gasteiger partial charge in [0.25, 0.3) is 0 Å². The molecular formula is C19H28N4O3. The summed E-state index contributed by atoms with van der Waals surface area (Å²) in [5, 5.41) is 5.80. The summed E-state index contributed by atoms with van der Waals surface area (Å²) in [7, 11) is 1.61. The number of urea groups is 1. The van der Waals surface area contributed by atoms with Gasteiger partial charge in [-0.3, -0.25) is 4.79 Å². The SMILES string of the molecule is COc1ccc(N2CC(NC(=O)NCCCN3CCCC3)CC2=O)cc1. The predicted molar refractivity (Wildman–Crippen MR) is 101 cm³/mol. The van der Waals surface area contributed by atoms with E-state index in [9.17, 15) is 9.59 Å². The number of likely N-dealkylation sites (tertiary alicyclic amines) is 1. The maximum Gasteiger partial charge on any atom is 0.315 e. The van der Waals surface area contributed by atoms with Gasteiger partial charge in [0.15, 0.2) is 0 Å².